The van der Waals surface area contributed by atoms with E-state index in [9.17, 15) is 22.4 Å². The number of methoxy groups -OCH3 is 1. The van der Waals surface area contributed by atoms with Crippen LogP contribution in [0.1, 0.15) is 18.4 Å². The van der Waals surface area contributed by atoms with Gasteiger partial charge in [0.2, 0.25) is 21.8 Å². The number of rotatable bonds is 11. The van der Waals surface area contributed by atoms with Gasteiger partial charge in [-0.25, -0.2) is 17.5 Å². The molecular formula is C23H28FN3O6S. The van der Waals surface area contributed by atoms with Gasteiger partial charge in [0.05, 0.1) is 31.2 Å². The minimum absolute atomic E-state index is 0.0106. The number of benzene rings is 2. The van der Waals surface area contributed by atoms with Crippen LogP contribution in [0.3, 0.4) is 0 Å². The first kappa shape index (κ1) is 25.6. The molecule has 2 amide bonds. The Labute approximate surface area is 198 Å². The number of carbonyl (C=O) groups excluding carboxylic acids is 2. The van der Waals surface area contributed by atoms with Gasteiger partial charge in [-0.05, 0) is 54.8 Å². The van der Waals surface area contributed by atoms with E-state index in [0.717, 1.165) is 12.8 Å². The van der Waals surface area contributed by atoms with Crippen molar-refractivity contribution in [3.05, 3.63) is 59.9 Å². The summed E-state index contributed by atoms with van der Waals surface area (Å²) in [6.07, 6.45) is 1.73. The summed E-state index contributed by atoms with van der Waals surface area (Å²) in [5.41, 5.74) is 0.597. The Bertz CT molecular complexity index is 1070. The van der Waals surface area contributed by atoms with E-state index in [1.807, 2.05) is 0 Å². The molecule has 2 N–H and O–H groups in total. The van der Waals surface area contributed by atoms with Gasteiger partial charge in [0, 0.05) is 19.7 Å². The number of amides is 2. The third-order valence-electron chi connectivity index (χ3n) is 5.31. The largest absolute Gasteiger partial charge is 0.497 e. The monoisotopic (exact) mass is 493 g/mol. The highest BCUT2D eigenvalue weighted by Crippen LogP contribution is 2.15. The molecule has 0 radical (unpaired) electrons. The Kier molecular flexibility index (Phi) is 8.97. The molecule has 1 fully saturated rings. The van der Waals surface area contributed by atoms with Crippen molar-refractivity contribution in [2.75, 3.05) is 33.4 Å². The molecule has 1 heterocycles. The van der Waals surface area contributed by atoms with Crippen LogP contribution in [0.4, 0.5) is 4.39 Å². The Hall–Kier alpha value is -3.02. The number of nitrogens with zero attached hydrogens (tertiary/aromatic N) is 1. The van der Waals surface area contributed by atoms with Gasteiger partial charge < -0.3 is 19.7 Å². The maximum atomic E-state index is 13.3. The van der Waals surface area contributed by atoms with E-state index in [4.69, 9.17) is 9.47 Å². The minimum Gasteiger partial charge on any atom is -0.497 e. The Balaban J connectivity index is 1.64. The minimum atomic E-state index is -3.96. The lowest BCUT2D eigenvalue weighted by molar-refractivity contribution is -0.135. The van der Waals surface area contributed by atoms with Crippen molar-refractivity contribution < 1.29 is 31.9 Å². The average molecular weight is 494 g/mol. The van der Waals surface area contributed by atoms with Crippen LogP contribution >= 0.6 is 0 Å². The first-order valence-corrected chi connectivity index (χ1v) is 12.3. The smallest absolute Gasteiger partial charge is 0.241 e. The van der Waals surface area contributed by atoms with Crippen molar-refractivity contribution in [1.29, 1.82) is 0 Å². The first-order valence-electron chi connectivity index (χ1n) is 10.8. The highest BCUT2D eigenvalue weighted by atomic mass is 32.2. The SMILES string of the molecule is COc1ccc(S(=O)(=O)NCC(=O)N(CC(=O)NC[C@H]2CCCO2)Cc2ccc(F)cc2)cc1. The molecule has 0 unspecified atom stereocenters. The van der Waals surface area contributed by atoms with Gasteiger partial charge in [-0.3, -0.25) is 9.59 Å². The van der Waals surface area contributed by atoms with Crippen molar-refractivity contribution in [2.24, 2.45) is 0 Å². The molecule has 2 aromatic rings. The van der Waals surface area contributed by atoms with Crippen LogP contribution in [0.2, 0.25) is 0 Å². The van der Waals surface area contributed by atoms with E-state index in [2.05, 4.69) is 10.0 Å². The molecule has 1 saturated heterocycles. The second-order valence-electron chi connectivity index (χ2n) is 7.82. The molecule has 2 aromatic carbocycles. The molecular weight excluding hydrogens is 465 g/mol. The van der Waals surface area contributed by atoms with E-state index in [1.165, 1.54) is 60.5 Å². The maximum absolute atomic E-state index is 13.3. The molecule has 0 spiro atoms. The molecule has 0 saturated carbocycles. The van der Waals surface area contributed by atoms with Crippen LogP contribution in [0.25, 0.3) is 0 Å². The summed E-state index contributed by atoms with van der Waals surface area (Å²) in [6.45, 7) is 0.171. The Morgan fingerprint density at radius 3 is 2.47 bits per heavy atom. The first-order chi connectivity index (χ1) is 16.3. The van der Waals surface area contributed by atoms with Crippen molar-refractivity contribution in [3.8, 4) is 5.75 Å². The summed E-state index contributed by atoms with van der Waals surface area (Å²) in [4.78, 5) is 26.5. The van der Waals surface area contributed by atoms with E-state index >= 15 is 0 Å². The molecule has 34 heavy (non-hydrogen) atoms. The van der Waals surface area contributed by atoms with Crippen molar-refractivity contribution in [2.45, 2.75) is 30.4 Å². The van der Waals surface area contributed by atoms with Gasteiger partial charge in [0.15, 0.2) is 0 Å². The van der Waals surface area contributed by atoms with Crippen molar-refractivity contribution in [3.63, 3.8) is 0 Å². The summed E-state index contributed by atoms with van der Waals surface area (Å²) in [6, 6.07) is 11.2. The van der Waals surface area contributed by atoms with Crippen LogP contribution in [-0.4, -0.2) is 64.6 Å². The zero-order chi connectivity index (χ0) is 24.6. The Morgan fingerprint density at radius 2 is 1.85 bits per heavy atom. The second-order valence-corrected chi connectivity index (χ2v) is 9.58. The zero-order valence-electron chi connectivity index (χ0n) is 18.8. The summed E-state index contributed by atoms with van der Waals surface area (Å²) in [5.74, 6) is -0.935. The van der Waals surface area contributed by atoms with Crippen LogP contribution < -0.4 is 14.8 Å². The molecule has 11 heteroatoms. The van der Waals surface area contributed by atoms with Gasteiger partial charge in [0.1, 0.15) is 11.6 Å². The molecule has 0 aromatic heterocycles. The number of nitrogens with one attached hydrogen (secondary N) is 2. The predicted octanol–water partition coefficient (Wildman–Crippen LogP) is 1.44. The fraction of sp³-hybridized carbons (Fsp3) is 0.391. The number of carbonyl (C=O) groups is 2. The third-order valence-corrected chi connectivity index (χ3v) is 6.73. The van der Waals surface area contributed by atoms with Crippen LogP contribution in [0, 0.1) is 5.82 Å². The second kappa shape index (κ2) is 11.9. The van der Waals surface area contributed by atoms with Gasteiger partial charge >= 0.3 is 0 Å². The normalized spacial score (nSPS) is 15.6. The van der Waals surface area contributed by atoms with Crippen LogP contribution in [0.5, 0.6) is 5.75 Å². The zero-order valence-corrected chi connectivity index (χ0v) is 19.6. The van der Waals surface area contributed by atoms with Crippen LogP contribution in [-0.2, 0) is 30.9 Å². The fourth-order valence-corrected chi connectivity index (χ4v) is 4.39. The molecule has 1 aliphatic rings. The van der Waals surface area contributed by atoms with E-state index in [1.54, 1.807) is 0 Å². The summed E-state index contributed by atoms with van der Waals surface area (Å²) in [7, 11) is -2.50. The summed E-state index contributed by atoms with van der Waals surface area (Å²) < 4.78 is 51.2. The molecule has 3 rings (SSSR count). The predicted molar refractivity (Wildman–Crippen MR) is 122 cm³/mol. The van der Waals surface area contributed by atoms with Crippen molar-refractivity contribution >= 4 is 21.8 Å². The topological polar surface area (TPSA) is 114 Å². The number of ether oxygens (including phenoxy) is 2. The lowest BCUT2D eigenvalue weighted by atomic mass is 10.2. The summed E-state index contributed by atoms with van der Waals surface area (Å²) >= 11 is 0. The molecule has 184 valence electrons. The number of sulfonamides is 1. The highest BCUT2D eigenvalue weighted by molar-refractivity contribution is 7.89. The lowest BCUT2D eigenvalue weighted by Gasteiger charge is -2.23. The van der Waals surface area contributed by atoms with Crippen molar-refractivity contribution in [1.82, 2.24) is 14.9 Å². The summed E-state index contributed by atoms with van der Waals surface area (Å²) in [5, 5.41) is 2.75. The molecule has 1 aliphatic heterocycles. The molecule has 9 nitrogen and oxygen atoms in total. The number of hydrogen-bond donors (Lipinski definition) is 2. The molecule has 0 bridgehead atoms. The van der Waals surface area contributed by atoms with E-state index < -0.39 is 34.2 Å². The van der Waals surface area contributed by atoms with Gasteiger partial charge in [-0.15, -0.1) is 0 Å². The molecule has 0 aliphatic carbocycles. The molecule has 1 atom stereocenters. The lowest BCUT2D eigenvalue weighted by Crippen LogP contribution is -2.45. The average Bonchev–Trinajstić information content (AvgIpc) is 3.36. The third kappa shape index (κ3) is 7.51. The highest BCUT2D eigenvalue weighted by Gasteiger charge is 2.22. The standard InChI is InChI=1S/C23H28FN3O6S/c1-32-19-8-10-21(11-9-19)34(30,31)26-14-23(29)27(15-17-4-6-18(24)7-5-17)16-22(28)25-13-20-3-2-12-33-20/h4-11,20,26H,2-3,12-16H2,1H3,(H,25,28)/t20-/m1/s1. The maximum Gasteiger partial charge on any atom is 0.241 e. The Morgan fingerprint density at radius 1 is 1.15 bits per heavy atom. The fourth-order valence-electron chi connectivity index (χ4n) is 3.41. The van der Waals surface area contributed by atoms with E-state index in [0.29, 0.717) is 24.5 Å². The van der Waals surface area contributed by atoms with Gasteiger partial charge in [0.25, 0.3) is 0 Å². The van der Waals surface area contributed by atoms with Gasteiger partial charge in [-0.2, -0.15) is 0 Å². The number of hydrogen-bond acceptors (Lipinski definition) is 6. The van der Waals surface area contributed by atoms with Gasteiger partial charge in [-0.1, -0.05) is 12.1 Å². The van der Waals surface area contributed by atoms with Crippen LogP contribution in [0.15, 0.2) is 53.4 Å². The van der Waals surface area contributed by atoms with E-state index in [-0.39, 0.29) is 24.1 Å². The number of halogens is 1. The quantitative estimate of drug-likeness (QED) is 0.490.